The minimum atomic E-state index is -0.661. The zero-order valence-corrected chi connectivity index (χ0v) is 13.0. The zero-order chi connectivity index (χ0) is 15.2. The number of aliphatic carboxylic acids is 1. The number of para-hydroxylation sites is 1. The number of aryl methyl sites for hydroxylation is 2. The molecule has 1 atom stereocenters. The highest BCUT2D eigenvalue weighted by Crippen LogP contribution is 2.22. The standard InChI is InChI=1S/C17H25NO3/c1-13-6-3-7-14(2)16(13)21-11-5-10-18-9-4-8-15(12-18)17(19)20/h3,6-7,15H,4-5,8-12H2,1-2H3,(H,19,20). The second-order valence-corrected chi connectivity index (χ2v) is 5.90. The second kappa shape index (κ2) is 7.46. The Morgan fingerprint density at radius 1 is 1.38 bits per heavy atom. The number of piperidine rings is 1. The minimum absolute atomic E-state index is 0.196. The van der Waals surface area contributed by atoms with E-state index in [1.807, 2.05) is 6.07 Å². The van der Waals surface area contributed by atoms with E-state index in [4.69, 9.17) is 9.84 Å². The van der Waals surface area contributed by atoms with Crippen molar-refractivity contribution in [1.82, 2.24) is 4.90 Å². The number of carbonyl (C=O) groups is 1. The molecule has 21 heavy (non-hydrogen) atoms. The first kappa shape index (κ1) is 15.8. The van der Waals surface area contributed by atoms with E-state index in [9.17, 15) is 4.79 Å². The van der Waals surface area contributed by atoms with Crippen molar-refractivity contribution in [2.75, 3.05) is 26.2 Å². The van der Waals surface area contributed by atoms with Crippen LogP contribution in [0.15, 0.2) is 18.2 Å². The van der Waals surface area contributed by atoms with Gasteiger partial charge in [-0.2, -0.15) is 0 Å². The summed E-state index contributed by atoms with van der Waals surface area (Å²) in [6.45, 7) is 7.40. The third-order valence-corrected chi connectivity index (χ3v) is 4.13. The molecule has 0 saturated carbocycles. The lowest BCUT2D eigenvalue weighted by atomic mass is 9.98. The topological polar surface area (TPSA) is 49.8 Å². The van der Waals surface area contributed by atoms with Gasteiger partial charge in [-0.05, 0) is 50.8 Å². The van der Waals surface area contributed by atoms with E-state index in [-0.39, 0.29) is 5.92 Å². The summed E-state index contributed by atoms with van der Waals surface area (Å²) in [7, 11) is 0. The molecular weight excluding hydrogens is 266 g/mol. The van der Waals surface area contributed by atoms with Crippen LogP contribution in [-0.4, -0.2) is 42.2 Å². The molecule has 0 aliphatic carbocycles. The molecule has 1 unspecified atom stereocenters. The first-order chi connectivity index (χ1) is 10.1. The monoisotopic (exact) mass is 291 g/mol. The van der Waals surface area contributed by atoms with Crippen molar-refractivity contribution in [2.24, 2.45) is 5.92 Å². The van der Waals surface area contributed by atoms with Crippen LogP contribution in [0.3, 0.4) is 0 Å². The van der Waals surface area contributed by atoms with Crippen LogP contribution in [0.25, 0.3) is 0 Å². The first-order valence-electron chi connectivity index (χ1n) is 7.72. The molecule has 1 N–H and O–H groups in total. The van der Waals surface area contributed by atoms with Crippen molar-refractivity contribution in [3.8, 4) is 5.75 Å². The fourth-order valence-corrected chi connectivity index (χ4v) is 2.95. The zero-order valence-electron chi connectivity index (χ0n) is 13.0. The van der Waals surface area contributed by atoms with Crippen molar-refractivity contribution in [3.63, 3.8) is 0 Å². The molecule has 4 heteroatoms. The molecule has 1 aliphatic heterocycles. The van der Waals surface area contributed by atoms with E-state index in [0.717, 1.165) is 38.1 Å². The Morgan fingerprint density at radius 2 is 2.10 bits per heavy atom. The third kappa shape index (κ3) is 4.46. The number of hydrogen-bond donors (Lipinski definition) is 1. The molecule has 0 aromatic heterocycles. The van der Waals surface area contributed by atoms with Crippen molar-refractivity contribution in [3.05, 3.63) is 29.3 Å². The molecular formula is C17H25NO3. The number of hydrogen-bond acceptors (Lipinski definition) is 3. The number of nitrogens with zero attached hydrogens (tertiary/aromatic N) is 1. The van der Waals surface area contributed by atoms with Crippen LogP contribution < -0.4 is 4.74 Å². The summed E-state index contributed by atoms with van der Waals surface area (Å²) in [5.74, 6) is 0.129. The number of carboxylic acid groups (broad SMARTS) is 1. The molecule has 2 rings (SSSR count). The molecule has 0 radical (unpaired) electrons. The predicted molar refractivity (Wildman–Crippen MR) is 82.8 cm³/mol. The van der Waals surface area contributed by atoms with Gasteiger partial charge in [0.1, 0.15) is 5.75 Å². The molecule has 1 aromatic rings. The average Bonchev–Trinajstić information content (AvgIpc) is 2.46. The van der Waals surface area contributed by atoms with Crippen LogP contribution in [-0.2, 0) is 4.79 Å². The highest BCUT2D eigenvalue weighted by atomic mass is 16.5. The molecule has 0 amide bonds. The summed E-state index contributed by atoms with van der Waals surface area (Å²) in [6, 6.07) is 6.16. The lowest BCUT2D eigenvalue weighted by Crippen LogP contribution is -2.39. The van der Waals surface area contributed by atoms with E-state index >= 15 is 0 Å². The summed E-state index contributed by atoms with van der Waals surface area (Å²) >= 11 is 0. The molecule has 4 nitrogen and oxygen atoms in total. The van der Waals surface area contributed by atoms with E-state index in [2.05, 4.69) is 30.9 Å². The number of carboxylic acids is 1. The van der Waals surface area contributed by atoms with Gasteiger partial charge < -0.3 is 14.7 Å². The average molecular weight is 291 g/mol. The van der Waals surface area contributed by atoms with Crippen LogP contribution >= 0.6 is 0 Å². The van der Waals surface area contributed by atoms with Crippen molar-refractivity contribution >= 4 is 5.97 Å². The van der Waals surface area contributed by atoms with Crippen LogP contribution in [0.4, 0.5) is 0 Å². The Hall–Kier alpha value is -1.55. The van der Waals surface area contributed by atoms with Gasteiger partial charge in [-0.3, -0.25) is 4.79 Å². The fourth-order valence-electron chi connectivity index (χ4n) is 2.95. The molecule has 1 fully saturated rings. The maximum Gasteiger partial charge on any atom is 0.307 e. The third-order valence-electron chi connectivity index (χ3n) is 4.13. The van der Waals surface area contributed by atoms with Crippen LogP contribution in [0.5, 0.6) is 5.75 Å². The van der Waals surface area contributed by atoms with Crippen molar-refractivity contribution in [2.45, 2.75) is 33.1 Å². The quantitative estimate of drug-likeness (QED) is 0.819. The lowest BCUT2D eigenvalue weighted by molar-refractivity contribution is -0.143. The highest BCUT2D eigenvalue weighted by Gasteiger charge is 2.24. The van der Waals surface area contributed by atoms with Gasteiger partial charge in [0, 0.05) is 13.1 Å². The molecule has 116 valence electrons. The van der Waals surface area contributed by atoms with Gasteiger partial charge in [-0.15, -0.1) is 0 Å². The van der Waals surface area contributed by atoms with E-state index < -0.39 is 5.97 Å². The maximum atomic E-state index is 11.0. The van der Waals surface area contributed by atoms with E-state index in [1.165, 1.54) is 11.1 Å². The van der Waals surface area contributed by atoms with Crippen LogP contribution in [0.1, 0.15) is 30.4 Å². The Morgan fingerprint density at radius 3 is 2.76 bits per heavy atom. The van der Waals surface area contributed by atoms with Gasteiger partial charge in [-0.1, -0.05) is 18.2 Å². The normalized spacial score (nSPS) is 19.4. The van der Waals surface area contributed by atoms with Crippen molar-refractivity contribution in [1.29, 1.82) is 0 Å². The molecule has 1 aliphatic rings. The Balaban J connectivity index is 1.73. The SMILES string of the molecule is Cc1cccc(C)c1OCCCN1CCCC(C(=O)O)C1. The number of ether oxygens (including phenoxy) is 1. The molecule has 0 spiro atoms. The Labute approximate surface area is 126 Å². The Kier molecular flexibility index (Phi) is 5.62. The first-order valence-corrected chi connectivity index (χ1v) is 7.72. The van der Waals surface area contributed by atoms with Crippen molar-refractivity contribution < 1.29 is 14.6 Å². The smallest absolute Gasteiger partial charge is 0.307 e. The summed E-state index contributed by atoms with van der Waals surface area (Å²) < 4.78 is 5.89. The molecule has 0 bridgehead atoms. The molecule has 1 heterocycles. The lowest BCUT2D eigenvalue weighted by Gasteiger charge is -2.30. The molecule has 1 saturated heterocycles. The summed E-state index contributed by atoms with van der Waals surface area (Å²) in [6.07, 6.45) is 2.72. The maximum absolute atomic E-state index is 11.0. The fraction of sp³-hybridized carbons (Fsp3) is 0.588. The Bertz CT molecular complexity index is 467. The highest BCUT2D eigenvalue weighted by molar-refractivity contribution is 5.70. The van der Waals surface area contributed by atoms with Gasteiger partial charge >= 0.3 is 5.97 Å². The second-order valence-electron chi connectivity index (χ2n) is 5.90. The van der Waals surface area contributed by atoms with E-state index in [0.29, 0.717) is 13.2 Å². The summed E-state index contributed by atoms with van der Waals surface area (Å²) in [5, 5.41) is 9.09. The van der Waals surface area contributed by atoms with Gasteiger partial charge in [0.2, 0.25) is 0 Å². The summed E-state index contributed by atoms with van der Waals surface area (Å²) in [5.41, 5.74) is 2.33. The largest absolute Gasteiger partial charge is 0.493 e. The van der Waals surface area contributed by atoms with Gasteiger partial charge in [-0.25, -0.2) is 0 Å². The van der Waals surface area contributed by atoms with Gasteiger partial charge in [0.15, 0.2) is 0 Å². The molecule has 1 aromatic carbocycles. The van der Waals surface area contributed by atoms with Crippen LogP contribution in [0.2, 0.25) is 0 Å². The predicted octanol–water partition coefficient (Wildman–Crippen LogP) is 2.87. The number of likely N-dealkylation sites (tertiary alicyclic amines) is 1. The van der Waals surface area contributed by atoms with Gasteiger partial charge in [0.25, 0.3) is 0 Å². The summed E-state index contributed by atoms with van der Waals surface area (Å²) in [4.78, 5) is 13.3. The number of rotatable bonds is 6. The minimum Gasteiger partial charge on any atom is -0.493 e. The number of benzene rings is 1. The van der Waals surface area contributed by atoms with Crippen LogP contribution in [0, 0.1) is 19.8 Å². The van der Waals surface area contributed by atoms with E-state index in [1.54, 1.807) is 0 Å². The van der Waals surface area contributed by atoms with Gasteiger partial charge in [0.05, 0.1) is 12.5 Å².